The summed E-state index contributed by atoms with van der Waals surface area (Å²) in [5, 5.41) is 13.2. The molecule has 1 N–H and O–H groups in total. The van der Waals surface area contributed by atoms with E-state index in [0.717, 1.165) is 38.5 Å². The second-order valence-electron chi connectivity index (χ2n) is 6.67. The molecular weight excluding hydrogens is 310 g/mol. The summed E-state index contributed by atoms with van der Waals surface area (Å²) in [6.45, 7) is 3.84. The minimum absolute atomic E-state index is 0.131. The molecule has 1 amide bonds. The highest BCUT2D eigenvalue weighted by Crippen LogP contribution is 2.36. The highest BCUT2D eigenvalue weighted by Gasteiger charge is 2.45. The molecule has 7 heteroatoms. The van der Waals surface area contributed by atoms with E-state index in [1.807, 2.05) is 11.8 Å². The summed E-state index contributed by atoms with van der Waals surface area (Å²) in [6, 6.07) is 0.147. The molecule has 0 unspecified atom stereocenters. The fourth-order valence-electron chi connectivity index (χ4n) is 3.91. The zero-order valence-electron chi connectivity index (χ0n) is 14.1. The summed E-state index contributed by atoms with van der Waals surface area (Å²) in [5.74, 6) is -0.833. The number of carbonyl (C=O) groups excluding carboxylic acids is 1. The van der Waals surface area contributed by atoms with E-state index in [4.69, 9.17) is 9.84 Å². The third-order valence-electron chi connectivity index (χ3n) is 5.20. The van der Waals surface area contributed by atoms with Gasteiger partial charge in [0.25, 0.3) is 5.91 Å². The van der Waals surface area contributed by atoms with Crippen LogP contribution in [0.25, 0.3) is 0 Å². The van der Waals surface area contributed by atoms with E-state index in [9.17, 15) is 9.59 Å². The van der Waals surface area contributed by atoms with Crippen molar-refractivity contribution in [2.75, 3.05) is 19.7 Å². The number of ether oxygens (including phenoxy) is 1. The topological polar surface area (TPSA) is 84.7 Å². The van der Waals surface area contributed by atoms with Crippen LogP contribution in [0.5, 0.6) is 0 Å². The van der Waals surface area contributed by atoms with Crippen molar-refractivity contribution in [3.63, 3.8) is 0 Å². The lowest BCUT2D eigenvalue weighted by Gasteiger charge is -2.38. The number of aromatic nitrogens is 2. The van der Waals surface area contributed by atoms with Crippen LogP contribution in [0.2, 0.25) is 0 Å². The number of rotatable bonds is 5. The van der Waals surface area contributed by atoms with Gasteiger partial charge in [-0.1, -0.05) is 0 Å². The van der Waals surface area contributed by atoms with Gasteiger partial charge in [0.05, 0.1) is 17.8 Å². The largest absolute Gasteiger partial charge is 0.478 e. The van der Waals surface area contributed by atoms with E-state index in [-0.39, 0.29) is 17.5 Å². The van der Waals surface area contributed by atoms with Gasteiger partial charge in [0.15, 0.2) is 0 Å². The molecule has 1 saturated heterocycles. The third kappa shape index (κ3) is 3.17. The first-order chi connectivity index (χ1) is 11.6. The zero-order valence-corrected chi connectivity index (χ0v) is 14.1. The normalized spacial score (nSPS) is 21.1. The van der Waals surface area contributed by atoms with Crippen LogP contribution >= 0.6 is 0 Å². The number of carboxylic acid groups (broad SMARTS) is 1. The van der Waals surface area contributed by atoms with Crippen LogP contribution in [-0.4, -0.2) is 57.0 Å². The van der Waals surface area contributed by atoms with Crippen LogP contribution in [-0.2, 0) is 9.53 Å². The Morgan fingerprint density at radius 1 is 1.33 bits per heavy atom. The Morgan fingerprint density at radius 3 is 2.54 bits per heavy atom. The van der Waals surface area contributed by atoms with Gasteiger partial charge in [-0.2, -0.15) is 5.10 Å². The maximum atomic E-state index is 12.9. The molecule has 0 spiro atoms. The molecule has 3 rings (SSSR count). The molecule has 0 bridgehead atoms. The van der Waals surface area contributed by atoms with Gasteiger partial charge in [0.1, 0.15) is 5.60 Å². The summed E-state index contributed by atoms with van der Waals surface area (Å²) >= 11 is 0. The van der Waals surface area contributed by atoms with Crippen LogP contribution in [0.3, 0.4) is 0 Å². The molecule has 24 heavy (non-hydrogen) atoms. The Hall–Kier alpha value is -1.89. The Bertz CT molecular complexity index is 599. The van der Waals surface area contributed by atoms with Gasteiger partial charge < -0.3 is 14.7 Å². The van der Waals surface area contributed by atoms with Crippen LogP contribution in [0.4, 0.5) is 0 Å². The number of carboxylic acids is 1. The lowest BCUT2D eigenvalue weighted by Crippen LogP contribution is -2.51. The maximum absolute atomic E-state index is 12.9. The van der Waals surface area contributed by atoms with Crippen molar-refractivity contribution in [2.45, 2.75) is 57.1 Å². The molecule has 1 aromatic heterocycles. The molecule has 2 heterocycles. The average molecular weight is 335 g/mol. The molecule has 1 saturated carbocycles. The van der Waals surface area contributed by atoms with Gasteiger partial charge in [0, 0.05) is 25.9 Å². The van der Waals surface area contributed by atoms with Crippen molar-refractivity contribution in [1.82, 2.24) is 14.7 Å². The first-order valence-corrected chi connectivity index (χ1v) is 8.76. The Morgan fingerprint density at radius 2 is 2.00 bits per heavy atom. The average Bonchev–Trinajstić information content (AvgIpc) is 3.25. The Balaban J connectivity index is 1.61. The van der Waals surface area contributed by atoms with E-state index in [0.29, 0.717) is 19.7 Å². The molecule has 0 atom stereocenters. The molecule has 1 aromatic rings. The van der Waals surface area contributed by atoms with E-state index in [2.05, 4.69) is 5.10 Å². The minimum Gasteiger partial charge on any atom is -0.478 e. The molecule has 2 aliphatic rings. The van der Waals surface area contributed by atoms with Crippen molar-refractivity contribution in [3.8, 4) is 0 Å². The second kappa shape index (κ2) is 6.93. The van der Waals surface area contributed by atoms with Gasteiger partial charge in [-0.25, -0.2) is 4.79 Å². The molecule has 7 nitrogen and oxygen atoms in total. The summed E-state index contributed by atoms with van der Waals surface area (Å²) < 4.78 is 7.59. The van der Waals surface area contributed by atoms with Gasteiger partial charge in [-0.05, 0) is 45.4 Å². The van der Waals surface area contributed by atoms with Crippen molar-refractivity contribution in [1.29, 1.82) is 0 Å². The molecule has 0 radical (unpaired) electrons. The Kier molecular flexibility index (Phi) is 4.89. The fraction of sp³-hybridized carbons (Fsp3) is 0.706. The lowest BCUT2D eigenvalue weighted by molar-refractivity contribution is -0.159. The van der Waals surface area contributed by atoms with Crippen molar-refractivity contribution in [2.24, 2.45) is 0 Å². The molecule has 132 valence electrons. The summed E-state index contributed by atoms with van der Waals surface area (Å²) in [4.78, 5) is 25.8. The fourth-order valence-corrected chi connectivity index (χ4v) is 3.91. The number of amides is 1. The van der Waals surface area contributed by atoms with E-state index >= 15 is 0 Å². The molecule has 0 aromatic carbocycles. The van der Waals surface area contributed by atoms with Crippen molar-refractivity contribution >= 4 is 11.9 Å². The minimum atomic E-state index is -0.964. The summed E-state index contributed by atoms with van der Waals surface area (Å²) in [7, 11) is 0. The van der Waals surface area contributed by atoms with Gasteiger partial charge in [0.2, 0.25) is 0 Å². The first-order valence-electron chi connectivity index (χ1n) is 8.76. The van der Waals surface area contributed by atoms with E-state index in [1.165, 1.54) is 6.20 Å². The number of hydrogen-bond donors (Lipinski definition) is 1. The highest BCUT2D eigenvalue weighted by molar-refractivity contribution is 5.87. The van der Waals surface area contributed by atoms with Crippen molar-refractivity contribution in [3.05, 3.63) is 18.0 Å². The van der Waals surface area contributed by atoms with Crippen LogP contribution in [0.1, 0.15) is 61.8 Å². The predicted octanol–water partition coefficient (Wildman–Crippen LogP) is 2.09. The SMILES string of the molecule is CCOC1(C(=O)N2CCC(n3cc(C(=O)O)cn3)CC2)CCCC1. The maximum Gasteiger partial charge on any atom is 0.338 e. The smallest absolute Gasteiger partial charge is 0.338 e. The van der Waals surface area contributed by atoms with Gasteiger partial charge in [-0.15, -0.1) is 0 Å². The number of hydrogen-bond acceptors (Lipinski definition) is 4. The number of carbonyl (C=O) groups is 2. The quantitative estimate of drug-likeness (QED) is 0.891. The van der Waals surface area contributed by atoms with Crippen molar-refractivity contribution < 1.29 is 19.4 Å². The second-order valence-corrected chi connectivity index (χ2v) is 6.67. The standard InChI is InChI=1S/C17H25N3O4/c1-2-24-17(7-3-4-8-17)16(23)19-9-5-14(6-10-19)20-12-13(11-18-20)15(21)22/h11-12,14H,2-10H2,1H3,(H,21,22). The third-order valence-corrected chi connectivity index (χ3v) is 5.20. The molecule has 1 aliphatic carbocycles. The first kappa shape index (κ1) is 17.0. The number of aromatic carboxylic acids is 1. The van der Waals surface area contributed by atoms with E-state index in [1.54, 1.807) is 10.9 Å². The number of piperidine rings is 1. The van der Waals surface area contributed by atoms with Gasteiger partial charge >= 0.3 is 5.97 Å². The van der Waals surface area contributed by atoms with E-state index < -0.39 is 11.6 Å². The predicted molar refractivity (Wildman–Crippen MR) is 86.9 cm³/mol. The summed E-state index contributed by atoms with van der Waals surface area (Å²) in [6.07, 6.45) is 8.26. The summed E-state index contributed by atoms with van der Waals surface area (Å²) in [5.41, 5.74) is -0.404. The van der Waals surface area contributed by atoms with Crippen LogP contribution in [0.15, 0.2) is 12.4 Å². The van der Waals surface area contributed by atoms with Crippen LogP contribution in [0, 0.1) is 0 Å². The highest BCUT2D eigenvalue weighted by atomic mass is 16.5. The molecule has 1 aliphatic heterocycles. The van der Waals surface area contributed by atoms with Gasteiger partial charge in [-0.3, -0.25) is 9.48 Å². The molecule has 2 fully saturated rings. The van der Waals surface area contributed by atoms with Crippen LogP contribution < -0.4 is 0 Å². The monoisotopic (exact) mass is 335 g/mol. The molecular formula is C17H25N3O4. The lowest BCUT2D eigenvalue weighted by atomic mass is 9.97. The Labute approximate surface area is 141 Å². The zero-order chi connectivity index (χ0) is 17.2. The number of nitrogens with zero attached hydrogens (tertiary/aromatic N) is 3. The number of likely N-dealkylation sites (tertiary alicyclic amines) is 1.